The number of nitrogens with one attached hydrogen (secondary N) is 4. The summed E-state index contributed by atoms with van der Waals surface area (Å²) in [5.41, 5.74) is 5.86. The number of nitrogens with two attached hydrogens (primary N) is 1. The van der Waals surface area contributed by atoms with E-state index in [0.29, 0.717) is 5.69 Å². The largest absolute Gasteiger partial charge is 0.481 e. The number of H-pyrrole nitrogens is 1. The Morgan fingerprint density at radius 2 is 1.69 bits per heavy atom. The van der Waals surface area contributed by atoms with Crippen molar-refractivity contribution in [2.75, 3.05) is 6.61 Å². The van der Waals surface area contributed by atoms with Crippen LogP contribution in [-0.4, -0.2) is 96.9 Å². The number of aliphatic hydroxyl groups excluding tert-OH is 2. The third-order valence-electron chi connectivity index (χ3n) is 4.20. The maximum absolute atomic E-state index is 12.8. The van der Waals surface area contributed by atoms with Gasteiger partial charge in [-0.2, -0.15) is 0 Å². The van der Waals surface area contributed by atoms with Crippen molar-refractivity contribution < 1.29 is 44.4 Å². The van der Waals surface area contributed by atoms with E-state index >= 15 is 0 Å². The van der Waals surface area contributed by atoms with Gasteiger partial charge in [0.05, 0.1) is 25.5 Å². The van der Waals surface area contributed by atoms with Crippen molar-refractivity contribution in [2.45, 2.75) is 50.0 Å². The van der Waals surface area contributed by atoms with E-state index in [-0.39, 0.29) is 6.42 Å². The normalized spacial score (nSPS) is 15.5. The molecule has 0 radical (unpaired) electrons. The second-order valence-electron chi connectivity index (χ2n) is 6.86. The number of carbonyl (C=O) groups is 5. The Hall–Kier alpha value is -3.56. The van der Waals surface area contributed by atoms with Gasteiger partial charge in [0.25, 0.3) is 0 Å². The smallest absolute Gasteiger partial charge is 0.326 e. The minimum Gasteiger partial charge on any atom is -0.481 e. The number of aliphatic hydroxyl groups is 2. The molecule has 1 heterocycles. The molecule has 15 heteroatoms. The third kappa shape index (κ3) is 8.29. The van der Waals surface area contributed by atoms with Crippen LogP contribution in [0, 0.1) is 0 Å². The van der Waals surface area contributed by atoms with Gasteiger partial charge in [0, 0.05) is 18.3 Å². The lowest BCUT2D eigenvalue weighted by atomic mass is 10.1. The maximum Gasteiger partial charge on any atom is 0.326 e. The van der Waals surface area contributed by atoms with Crippen LogP contribution < -0.4 is 21.7 Å². The van der Waals surface area contributed by atoms with Crippen LogP contribution >= 0.6 is 0 Å². The van der Waals surface area contributed by atoms with Crippen molar-refractivity contribution in [3.63, 3.8) is 0 Å². The topological polar surface area (TPSA) is 257 Å². The summed E-state index contributed by atoms with van der Waals surface area (Å²) in [4.78, 5) is 65.7. The van der Waals surface area contributed by atoms with Gasteiger partial charge in [0.1, 0.15) is 24.2 Å². The van der Waals surface area contributed by atoms with Gasteiger partial charge in [-0.25, -0.2) is 9.78 Å². The Morgan fingerprint density at radius 3 is 2.16 bits per heavy atom. The number of hydrogen-bond donors (Lipinski definition) is 9. The summed E-state index contributed by atoms with van der Waals surface area (Å²) in [7, 11) is 0. The monoisotopic (exact) mass is 458 g/mol. The summed E-state index contributed by atoms with van der Waals surface area (Å²) in [6, 6.07) is -6.12. The molecule has 10 N–H and O–H groups in total. The van der Waals surface area contributed by atoms with Crippen LogP contribution in [0.15, 0.2) is 12.5 Å². The second-order valence-corrected chi connectivity index (χ2v) is 6.86. The van der Waals surface area contributed by atoms with Crippen molar-refractivity contribution in [2.24, 2.45) is 5.73 Å². The number of carboxylic acids is 2. The molecule has 1 rings (SSSR count). The molecule has 0 aliphatic rings. The van der Waals surface area contributed by atoms with Gasteiger partial charge >= 0.3 is 11.9 Å². The predicted molar refractivity (Wildman–Crippen MR) is 105 cm³/mol. The first-order valence-corrected chi connectivity index (χ1v) is 9.33. The molecule has 1 aromatic heterocycles. The van der Waals surface area contributed by atoms with Gasteiger partial charge in [0.15, 0.2) is 0 Å². The molecule has 5 atom stereocenters. The highest BCUT2D eigenvalue weighted by Gasteiger charge is 2.33. The average molecular weight is 458 g/mol. The Labute approximate surface area is 181 Å². The molecule has 0 aliphatic carbocycles. The van der Waals surface area contributed by atoms with Crippen molar-refractivity contribution in [3.8, 4) is 0 Å². The van der Waals surface area contributed by atoms with E-state index < -0.39 is 73.0 Å². The molecule has 5 unspecified atom stereocenters. The summed E-state index contributed by atoms with van der Waals surface area (Å²) in [6.45, 7) is 0.449. The van der Waals surface area contributed by atoms with Gasteiger partial charge in [-0.1, -0.05) is 0 Å². The van der Waals surface area contributed by atoms with Gasteiger partial charge in [0.2, 0.25) is 17.7 Å². The molecule has 0 bridgehead atoms. The third-order valence-corrected chi connectivity index (χ3v) is 4.20. The second kappa shape index (κ2) is 12.3. The lowest BCUT2D eigenvalue weighted by molar-refractivity contribution is -0.148. The van der Waals surface area contributed by atoms with Crippen molar-refractivity contribution in [1.29, 1.82) is 0 Å². The van der Waals surface area contributed by atoms with E-state index in [1.165, 1.54) is 12.5 Å². The standard InChI is InChI=1S/C17H26N6O9/c1-7(25)13(16(30)22-11(17(31)32)3-12(26)27)23-15(29)10(2-8-4-19-6-20-8)21-14(28)9(18)5-24/h4,6-7,9-11,13,24-25H,2-3,5,18H2,1H3,(H,19,20)(H,21,28)(H,22,30)(H,23,29)(H,26,27)(H,31,32). The summed E-state index contributed by atoms with van der Waals surface area (Å²) in [6.07, 6.45) is 0.133. The van der Waals surface area contributed by atoms with Crippen LogP contribution in [0.3, 0.4) is 0 Å². The number of imidazole rings is 1. The molecule has 0 aliphatic heterocycles. The van der Waals surface area contributed by atoms with E-state index in [9.17, 15) is 29.1 Å². The number of hydrogen-bond acceptors (Lipinski definition) is 9. The number of aromatic nitrogens is 2. The molecule has 15 nitrogen and oxygen atoms in total. The van der Waals surface area contributed by atoms with Gasteiger partial charge < -0.3 is 47.1 Å². The van der Waals surface area contributed by atoms with E-state index in [1.807, 2.05) is 5.32 Å². The zero-order valence-electron chi connectivity index (χ0n) is 17.0. The molecule has 0 aromatic carbocycles. The molecule has 0 saturated carbocycles. The highest BCUT2D eigenvalue weighted by molar-refractivity contribution is 5.95. The van der Waals surface area contributed by atoms with Crippen LogP contribution in [0.5, 0.6) is 0 Å². The molecule has 0 fully saturated rings. The molecular formula is C17H26N6O9. The first-order valence-electron chi connectivity index (χ1n) is 9.33. The van der Waals surface area contributed by atoms with E-state index in [1.54, 1.807) is 0 Å². The zero-order chi connectivity index (χ0) is 24.4. The summed E-state index contributed by atoms with van der Waals surface area (Å²) < 4.78 is 0. The minimum absolute atomic E-state index is 0.124. The fraction of sp³-hybridized carbons (Fsp3) is 0.529. The maximum atomic E-state index is 12.8. The van der Waals surface area contributed by atoms with Gasteiger partial charge in [-0.05, 0) is 6.92 Å². The first kappa shape index (κ1) is 26.5. The summed E-state index contributed by atoms with van der Waals surface area (Å²) in [5.74, 6) is -6.07. The fourth-order valence-electron chi connectivity index (χ4n) is 2.48. The molecule has 32 heavy (non-hydrogen) atoms. The van der Waals surface area contributed by atoms with Gasteiger partial charge in [-0.15, -0.1) is 0 Å². The molecule has 0 spiro atoms. The van der Waals surface area contributed by atoms with Crippen molar-refractivity contribution in [1.82, 2.24) is 25.9 Å². The molecule has 3 amide bonds. The number of aliphatic carboxylic acids is 2. The van der Waals surface area contributed by atoms with Crippen molar-refractivity contribution in [3.05, 3.63) is 18.2 Å². The number of aromatic amines is 1. The Balaban J connectivity index is 3.00. The highest BCUT2D eigenvalue weighted by Crippen LogP contribution is 2.03. The fourth-order valence-corrected chi connectivity index (χ4v) is 2.48. The Kier molecular flexibility index (Phi) is 10.2. The summed E-state index contributed by atoms with van der Waals surface area (Å²) in [5, 5.41) is 43.2. The van der Waals surface area contributed by atoms with Crippen LogP contribution in [0.2, 0.25) is 0 Å². The van der Waals surface area contributed by atoms with Gasteiger partial charge in [-0.3, -0.25) is 19.2 Å². The molecule has 1 aromatic rings. The lowest BCUT2D eigenvalue weighted by Crippen LogP contribution is -2.60. The minimum atomic E-state index is -1.80. The number of carboxylic acid groups (broad SMARTS) is 2. The number of nitrogens with zero attached hydrogens (tertiary/aromatic N) is 1. The van der Waals surface area contributed by atoms with Crippen LogP contribution in [0.25, 0.3) is 0 Å². The van der Waals surface area contributed by atoms with Crippen LogP contribution in [0.4, 0.5) is 0 Å². The average Bonchev–Trinajstić information content (AvgIpc) is 3.22. The SMILES string of the molecule is CC(O)C(NC(=O)C(Cc1cnc[nH]1)NC(=O)C(N)CO)C(=O)NC(CC(=O)O)C(=O)O. The Bertz CT molecular complexity index is 813. The molecule has 0 saturated heterocycles. The predicted octanol–water partition coefficient (Wildman–Crippen LogP) is -4.33. The summed E-state index contributed by atoms with van der Waals surface area (Å²) >= 11 is 0. The molecular weight excluding hydrogens is 432 g/mol. The number of rotatable bonds is 13. The quantitative estimate of drug-likeness (QED) is 0.136. The number of carbonyl (C=O) groups excluding carboxylic acids is 3. The molecule has 178 valence electrons. The van der Waals surface area contributed by atoms with Crippen LogP contribution in [0.1, 0.15) is 19.0 Å². The Morgan fingerprint density at radius 1 is 1.06 bits per heavy atom. The lowest BCUT2D eigenvalue weighted by Gasteiger charge is -2.26. The zero-order valence-corrected chi connectivity index (χ0v) is 17.0. The van der Waals surface area contributed by atoms with E-state index in [2.05, 4.69) is 20.6 Å². The number of amides is 3. The van der Waals surface area contributed by atoms with Crippen molar-refractivity contribution >= 4 is 29.7 Å². The van der Waals surface area contributed by atoms with Crippen LogP contribution in [-0.2, 0) is 30.4 Å². The van der Waals surface area contributed by atoms with E-state index in [0.717, 1.165) is 6.92 Å². The first-order chi connectivity index (χ1) is 15.0. The highest BCUT2D eigenvalue weighted by atomic mass is 16.4. The van der Waals surface area contributed by atoms with E-state index in [4.69, 9.17) is 21.1 Å².